The lowest BCUT2D eigenvalue weighted by Crippen LogP contribution is -1.95. The summed E-state index contributed by atoms with van der Waals surface area (Å²) in [4.78, 5) is 10.1. The van der Waals surface area contributed by atoms with Gasteiger partial charge in [-0.1, -0.05) is 31.6 Å². The van der Waals surface area contributed by atoms with Crippen LogP contribution in [0.1, 0.15) is 33.6 Å². The molecule has 1 heteroatoms. The van der Waals surface area contributed by atoms with E-state index in [0.717, 1.165) is 6.42 Å². The number of carbonyl (C=O) groups excluding carboxylic acids is 1. The van der Waals surface area contributed by atoms with Crippen LogP contribution in [-0.4, -0.2) is 6.29 Å². The molecule has 0 aliphatic carbocycles. The summed E-state index contributed by atoms with van der Waals surface area (Å²) in [5.41, 5.74) is 1.33. The molecule has 0 N–H and O–H groups in total. The second-order valence-electron chi connectivity index (χ2n) is 3.76. The third kappa shape index (κ3) is 6.32. The molecule has 0 saturated heterocycles. The van der Waals surface area contributed by atoms with Crippen LogP contribution in [0.5, 0.6) is 0 Å². The fourth-order valence-corrected chi connectivity index (χ4v) is 1.34. The highest BCUT2D eigenvalue weighted by Crippen LogP contribution is 2.14. The number of rotatable bonds is 6. The molecule has 0 rings (SSSR count). The first kappa shape index (κ1) is 12.2. The molecule has 13 heavy (non-hydrogen) atoms. The van der Waals surface area contributed by atoms with Crippen LogP contribution in [0.3, 0.4) is 0 Å². The van der Waals surface area contributed by atoms with Crippen LogP contribution < -0.4 is 0 Å². The Hall–Kier alpha value is -0.850. The molecular formula is C12H19O. The van der Waals surface area contributed by atoms with E-state index in [9.17, 15) is 4.79 Å². The zero-order valence-corrected chi connectivity index (χ0v) is 8.84. The third-order valence-electron chi connectivity index (χ3n) is 2.02. The molecule has 1 radical (unpaired) electrons. The Labute approximate surface area is 81.5 Å². The van der Waals surface area contributed by atoms with E-state index in [1.54, 1.807) is 0 Å². The molecule has 2 unspecified atom stereocenters. The van der Waals surface area contributed by atoms with Gasteiger partial charge in [0.05, 0.1) is 0 Å². The molecule has 0 aromatic rings. The normalized spacial score (nSPS) is 16.4. The van der Waals surface area contributed by atoms with Crippen molar-refractivity contribution >= 4 is 6.29 Å². The van der Waals surface area contributed by atoms with E-state index in [4.69, 9.17) is 0 Å². The zero-order valence-electron chi connectivity index (χ0n) is 8.84. The smallest absolute Gasteiger partial charge is 0.198 e. The van der Waals surface area contributed by atoms with Gasteiger partial charge in [0, 0.05) is 6.42 Å². The van der Waals surface area contributed by atoms with E-state index >= 15 is 0 Å². The Morgan fingerprint density at radius 1 is 1.46 bits per heavy atom. The zero-order chi connectivity index (χ0) is 10.3. The van der Waals surface area contributed by atoms with Gasteiger partial charge in [-0.15, -0.1) is 6.58 Å². The molecule has 0 heterocycles. The summed E-state index contributed by atoms with van der Waals surface area (Å²) in [5, 5.41) is 0. The van der Waals surface area contributed by atoms with Gasteiger partial charge in [0.25, 0.3) is 0 Å². The Bertz CT molecular complexity index is 191. The second kappa shape index (κ2) is 6.64. The summed E-state index contributed by atoms with van der Waals surface area (Å²) < 4.78 is 0. The monoisotopic (exact) mass is 179 g/mol. The van der Waals surface area contributed by atoms with Gasteiger partial charge >= 0.3 is 0 Å². The Kier molecular flexibility index (Phi) is 6.21. The molecule has 1 nitrogen and oxygen atoms in total. The second-order valence-corrected chi connectivity index (χ2v) is 3.76. The van der Waals surface area contributed by atoms with Crippen LogP contribution in [-0.2, 0) is 4.79 Å². The lowest BCUT2D eigenvalue weighted by atomic mass is 9.98. The highest BCUT2D eigenvalue weighted by molar-refractivity contribution is 5.51. The fraction of sp³-hybridized carbons (Fsp3) is 0.583. The van der Waals surface area contributed by atoms with E-state index in [2.05, 4.69) is 26.5 Å². The van der Waals surface area contributed by atoms with Gasteiger partial charge in [-0.3, -0.25) is 4.79 Å². The summed E-state index contributed by atoms with van der Waals surface area (Å²) in [5.74, 6) is 0.832. The maximum atomic E-state index is 10.1. The van der Waals surface area contributed by atoms with Crippen LogP contribution in [0.25, 0.3) is 0 Å². The summed E-state index contributed by atoms with van der Waals surface area (Å²) in [6.07, 6.45) is 7.56. The van der Waals surface area contributed by atoms with Crippen LogP contribution in [0.15, 0.2) is 24.3 Å². The summed E-state index contributed by atoms with van der Waals surface area (Å²) in [6, 6.07) is 0. The Balaban J connectivity index is 3.99. The highest BCUT2D eigenvalue weighted by Gasteiger charge is 2.01. The molecule has 0 saturated carbocycles. The molecule has 0 amide bonds. The van der Waals surface area contributed by atoms with E-state index in [1.165, 1.54) is 5.57 Å². The Morgan fingerprint density at radius 2 is 2.08 bits per heavy atom. The minimum Gasteiger partial charge on any atom is -0.291 e. The van der Waals surface area contributed by atoms with E-state index in [-0.39, 0.29) is 0 Å². The van der Waals surface area contributed by atoms with Gasteiger partial charge in [0.2, 0.25) is 0 Å². The van der Waals surface area contributed by atoms with Crippen molar-refractivity contribution in [3.63, 3.8) is 0 Å². The molecule has 0 aromatic carbocycles. The van der Waals surface area contributed by atoms with Crippen LogP contribution in [0.2, 0.25) is 0 Å². The first-order valence-corrected chi connectivity index (χ1v) is 4.75. The topological polar surface area (TPSA) is 17.1 Å². The highest BCUT2D eigenvalue weighted by atomic mass is 16.1. The first-order valence-electron chi connectivity index (χ1n) is 4.75. The first-order chi connectivity index (χ1) is 6.10. The molecule has 0 aliphatic rings. The minimum absolute atomic E-state index is 0.314. The van der Waals surface area contributed by atoms with Crippen molar-refractivity contribution in [2.24, 2.45) is 11.8 Å². The molecule has 0 fully saturated rings. The molecule has 0 aliphatic heterocycles. The maximum Gasteiger partial charge on any atom is 0.198 e. The van der Waals surface area contributed by atoms with Gasteiger partial charge in [-0.25, -0.2) is 0 Å². The van der Waals surface area contributed by atoms with E-state index in [1.807, 2.05) is 19.3 Å². The largest absolute Gasteiger partial charge is 0.291 e. The average Bonchev–Trinajstić information content (AvgIpc) is 2.04. The van der Waals surface area contributed by atoms with Crippen molar-refractivity contribution in [3.8, 4) is 0 Å². The van der Waals surface area contributed by atoms with E-state index < -0.39 is 0 Å². The number of allylic oxidation sites excluding steroid dienone is 3. The van der Waals surface area contributed by atoms with Crippen molar-refractivity contribution in [2.45, 2.75) is 33.6 Å². The minimum atomic E-state index is 0.314. The third-order valence-corrected chi connectivity index (χ3v) is 2.02. The van der Waals surface area contributed by atoms with Crippen molar-refractivity contribution in [2.75, 3.05) is 0 Å². The summed E-state index contributed by atoms with van der Waals surface area (Å²) in [7, 11) is 0. The maximum absolute atomic E-state index is 10.1. The van der Waals surface area contributed by atoms with Gasteiger partial charge in [0.1, 0.15) is 0 Å². The number of hydrogen-bond acceptors (Lipinski definition) is 1. The fourth-order valence-electron chi connectivity index (χ4n) is 1.34. The van der Waals surface area contributed by atoms with Crippen molar-refractivity contribution in [1.82, 2.24) is 0 Å². The lowest BCUT2D eigenvalue weighted by molar-refractivity contribution is 0.541. The number of hydrogen-bond donors (Lipinski definition) is 0. The Morgan fingerprint density at radius 3 is 2.54 bits per heavy atom. The van der Waals surface area contributed by atoms with Crippen molar-refractivity contribution in [1.29, 1.82) is 0 Å². The van der Waals surface area contributed by atoms with Crippen molar-refractivity contribution < 1.29 is 4.79 Å². The predicted molar refractivity (Wildman–Crippen MR) is 57.2 cm³/mol. The summed E-state index contributed by atoms with van der Waals surface area (Å²) in [6.45, 7) is 10.0. The predicted octanol–water partition coefficient (Wildman–Crippen LogP) is 3.28. The van der Waals surface area contributed by atoms with Gasteiger partial charge < -0.3 is 0 Å². The summed E-state index contributed by atoms with van der Waals surface area (Å²) >= 11 is 0. The molecular weight excluding hydrogens is 160 g/mol. The van der Waals surface area contributed by atoms with Crippen molar-refractivity contribution in [3.05, 3.63) is 24.3 Å². The standard InChI is InChI=1S/C12H19O/c1-5-10(2)8-12(4)9-11(3)6-7-13/h5,9-11H,1,6,8H2,2-4H3. The van der Waals surface area contributed by atoms with Crippen LogP contribution in [0, 0.1) is 11.8 Å². The van der Waals surface area contributed by atoms with Gasteiger partial charge in [-0.2, -0.15) is 0 Å². The average molecular weight is 179 g/mol. The van der Waals surface area contributed by atoms with Gasteiger partial charge in [0.15, 0.2) is 6.29 Å². The molecule has 0 spiro atoms. The van der Waals surface area contributed by atoms with E-state index in [0.29, 0.717) is 18.3 Å². The van der Waals surface area contributed by atoms with Crippen LogP contribution in [0.4, 0.5) is 0 Å². The quantitative estimate of drug-likeness (QED) is 0.572. The lowest BCUT2D eigenvalue weighted by Gasteiger charge is -2.08. The molecule has 73 valence electrons. The van der Waals surface area contributed by atoms with Gasteiger partial charge in [-0.05, 0) is 25.2 Å². The SMILES string of the molecule is C=CC(C)CC(C)=CC(C)C[C]=O. The molecule has 2 atom stereocenters. The van der Waals surface area contributed by atoms with Crippen LogP contribution >= 0.6 is 0 Å². The molecule has 0 aromatic heterocycles. The molecule has 0 bridgehead atoms.